The van der Waals surface area contributed by atoms with E-state index < -0.39 is 11.6 Å². The van der Waals surface area contributed by atoms with Crippen molar-refractivity contribution in [1.82, 2.24) is 15.5 Å². The summed E-state index contributed by atoms with van der Waals surface area (Å²) < 4.78 is 32.6. The molecular formula is C17H19F2N3O2. The van der Waals surface area contributed by atoms with Crippen molar-refractivity contribution in [3.05, 3.63) is 53.4 Å². The van der Waals surface area contributed by atoms with Crippen LogP contribution >= 0.6 is 0 Å². The third-order valence-corrected chi connectivity index (χ3v) is 4.21. The lowest BCUT2D eigenvalue weighted by Crippen LogP contribution is -2.35. The molecule has 2 atom stereocenters. The number of hydrogen-bond acceptors (Lipinski definition) is 3. The highest BCUT2D eigenvalue weighted by Gasteiger charge is 2.28. The van der Waals surface area contributed by atoms with E-state index in [1.165, 1.54) is 0 Å². The van der Waals surface area contributed by atoms with E-state index in [9.17, 15) is 13.6 Å². The van der Waals surface area contributed by atoms with Crippen molar-refractivity contribution in [3.63, 3.8) is 0 Å². The van der Waals surface area contributed by atoms with Gasteiger partial charge in [-0.3, -0.25) is 9.89 Å². The van der Waals surface area contributed by atoms with Gasteiger partial charge in [-0.2, -0.15) is 5.10 Å². The molecule has 1 amide bonds. The van der Waals surface area contributed by atoms with Gasteiger partial charge in [-0.1, -0.05) is 0 Å². The van der Waals surface area contributed by atoms with Gasteiger partial charge < -0.3 is 10.1 Å². The first kappa shape index (κ1) is 16.6. The Morgan fingerprint density at radius 3 is 3.08 bits per heavy atom. The maximum absolute atomic E-state index is 13.6. The van der Waals surface area contributed by atoms with Crippen LogP contribution in [0, 0.1) is 17.6 Å². The minimum Gasteiger partial charge on any atom is -0.373 e. The zero-order chi connectivity index (χ0) is 16.9. The number of carbonyl (C=O) groups is 1. The van der Waals surface area contributed by atoms with Crippen molar-refractivity contribution in [2.45, 2.75) is 25.4 Å². The number of nitrogens with one attached hydrogen (secondary N) is 2. The van der Waals surface area contributed by atoms with Gasteiger partial charge in [-0.05, 0) is 31.0 Å². The fourth-order valence-electron chi connectivity index (χ4n) is 3.00. The predicted molar refractivity (Wildman–Crippen MR) is 83.1 cm³/mol. The number of halogens is 2. The topological polar surface area (TPSA) is 67.0 Å². The summed E-state index contributed by atoms with van der Waals surface area (Å²) in [7, 11) is 0. The van der Waals surface area contributed by atoms with Gasteiger partial charge in [-0.25, -0.2) is 8.78 Å². The van der Waals surface area contributed by atoms with Crippen LogP contribution < -0.4 is 5.32 Å². The second-order valence-electron chi connectivity index (χ2n) is 5.94. The third kappa shape index (κ3) is 3.97. The molecule has 0 aliphatic carbocycles. The van der Waals surface area contributed by atoms with E-state index in [-0.39, 0.29) is 29.9 Å². The summed E-state index contributed by atoms with van der Waals surface area (Å²) in [5, 5.41) is 9.49. The second-order valence-corrected chi connectivity index (χ2v) is 5.94. The summed E-state index contributed by atoms with van der Waals surface area (Å²) in [6, 6.07) is 3.11. The van der Waals surface area contributed by atoms with Crippen molar-refractivity contribution in [2.24, 2.45) is 5.92 Å². The number of hydrogen-bond donors (Lipinski definition) is 2. The average molecular weight is 335 g/mol. The molecule has 2 N–H and O–H groups in total. The molecule has 0 radical (unpaired) electrons. The molecule has 1 aliphatic heterocycles. The summed E-state index contributed by atoms with van der Waals surface area (Å²) in [5.74, 6) is -1.35. The molecule has 24 heavy (non-hydrogen) atoms. The molecule has 1 aliphatic rings. The molecule has 128 valence electrons. The molecule has 1 aromatic heterocycles. The average Bonchev–Trinajstić information content (AvgIpc) is 3.11. The Morgan fingerprint density at radius 2 is 2.29 bits per heavy atom. The Kier molecular flexibility index (Phi) is 5.20. The summed E-state index contributed by atoms with van der Waals surface area (Å²) in [6.07, 6.45) is 5.04. The van der Waals surface area contributed by atoms with Crippen LogP contribution in [-0.4, -0.2) is 29.3 Å². The van der Waals surface area contributed by atoms with Crippen LogP contribution in [0.3, 0.4) is 0 Å². The highest BCUT2D eigenvalue weighted by atomic mass is 19.1. The minimum atomic E-state index is -0.580. The van der Waals surface area contributed by atoms with Crippen LogP contribution in [0.4, 0.5) is 8.78 Å². The zero-order valence-electron chi connectivity index (χ0n) is 13.1. The van der Waals surface area contributed by atoms with Crippen molar-refractivity contribution in [2.75, 3.05) is 13.2 Å². The van der Waals surface area contributed by atoms with Gasteiger partial charge in [0.25, 0.3) is 0 Å². The van der Waals surface area contributed by atoms with E-state index in [0.717, 1.165) is 36.6 Å². The van der Waals surface area contributed by atoms with Gasteiger partial charge in [0.05, 0.1) is 18.7 Å². The number of ether oxygens (including phenoxy) is 1. The monoisotopic (exact) mass is 335 g/mol. The van der Waals surface area contributed by atoms with Crippen LogP contribution in [0.15, 0.2) is 30.6 Å². The van der Waals surface area contributed by atoms with Gasteiger partial charge >= 0.3 is 0 Å². The van der Waals surface area contributed by atoms with Gasteiger partial charge in [-0.15, -0.1) is 0 Å². The maximum Gasteiger partial charge on any atom is 0.224 e. The number of aromatic amines is 1. The lowest BCUT2D eigenvalue weighted by atomic mass is 9.91. The molecule has 1 aromatic carbocycles. The van der Waals surface area contributed by atoms with E-state index >= 15 is 0 Å². The molecule has 0 spiro atoms. The van der Waals surface area contributed by atoms with Crippen LogP contribution in [0.5, 0.6) is 0 Å². The molecule has 5 nitrogen and oxygen atoms in total. The van der Waals surface area contributed by atoms with Gasteiger partial charge in [0.1, 0.15) is 11.6 Å². The lowest BCUT2D eigenvalue weighted by molar-refractivity contribution is -0.121. The number of benzene rings is 1. The summed E-state index contributed by atoms with van der Waals surface area (Å²) in [6.45, 7) is 1.10. The van der Waals surface area contributed by atoms with E-state index in [1.54, 1.807) is 12.4 Å². The smallest absolute Gasteiger partial charge is 0.224 e. The molecule has 3 rings (SSSR count). The minimum absolute atomic E-state index is 0.0544. The molecule has 2 aromatic rings. The number of nitrogens with zero attached hydrogens (tertiary/aromatic N) is 1. The zero-order valence-corrected chi connectivity index (χ0v) is 13.1. The molecule has 0 bridgehead atoms. The molecule has 7 heteroatoms. The highest BCUT2D eigenvalue weighted by Crippen LogP contribution is 2.32. The number of H-pyrrole nitrogens is 1. The fraction of sp³-hybridized carbons (Fsp3) is 0.412. The van der Waals surface area contributed by atoms with Gasteiger partial charge in [0.15, 0.2) is 0 Å². The molecule has 2 heterocycles. The number of amides is 1. The van der Waals surface area contributed by atoms with Crippen molar-refractivity contribution in [3.8, 4) is 0 Å². The second kappa shape index (κ2) is 7.53. The first-order valence-corrected chi connectivity index (χ1v) is 7.94. The van der Waals surface area contributed by atoms with Crippen LogP contribution in [0.25, 0.3) is 0 Å². The summed E-state index contributed by atoms with van der Waals surface area (Å²) >= 11 is 0. The van der Waals surface area contributed by atoms with Crippen molar-refractivity contribution in [1.29, 1.82) is 0 Å². The molecule has 1 saturated heterocycles. The van der Waals surface area contributed by atoms with Crippen LogP contribution in [0.1, 0.15) is 30.1 Å². The van der Waals surface area contributed by atoms with E-state index in [4.69, 9.17) is 4.74 Å². The van der Waals surface area contributed by atoms with Crippen LogP contribution in [-0.2, 0) is 16.0 Å². The van der Waals surface area contributed by atoms with Gasteiger partial charge in [0.2, 0.25) is 5.91 Å². The number of aromatic nitrogens is 2. The Morgan fingerprint density at radius 1 is 1.42 bits per heavy atom. The highest BCUT2D eigenvalue weighted by molar-refractivity contribution is 5.78. The van der Waals surface area contributed by atoms with Gasteiger partial charge in [0, 0.05) is 36.4 Å². The normalized spacial score (nSPS) is 20.8. The third-order valence-electron chi connectivity index (χ3n) is 4.21. The standard InChI is InChI=1S/C17H19F2N3O2/c18-14-3-4-15(19)12(6-14)7-16(23)20-8-11-2-1-5-24-17(11)13-9-21-22-10-13/h3-4,6,9-11,17H,1-2,5,7-8H2,(H,20,23)(H,21,22)/t11-,17+/m0/s1. The van der Waals surface area contributed by atoms with E-state index in [0.29, 0.717) is 13.2 Å². The van der Waals surface area contributed by atoms with E-state index in [2.05, 4.69) is 15.5 Å². The Labute approximate surface area is 138 Å². The summed E-state index contributed by atoms with van der Waals surface area (Å²) in [4.78, 5) is 12.1. The predicted octanol–water partition coefficient (Wildman–Crippen LogP) is 2.51. The Balaban J connectivity index is 1.57. The maximum atomic E-state index is 13.6. The first-order valence-electron chi connectivity index (χ1n) is 7.94. The van der Waals surface area contributed by atoms with Crippen molar-refractivity contribution < 1.29 is 18.3 Å². The Hall–Kier alpha value is -2.28. The molecule has 0 saturated carbocycles. The molecule has 0 unspecified atom stereocenters. The quantitative estimate of drug-likeness (QED) is 0.882. The largest absolute Gasteiger partial charge is 0.373 e. The van der Waals surface area contributed by atoms with Crippen molar-refractivity contribution >= 4 is 5.91 Å². The SMILES string of the molecule is O=C(Cc1cc(F)ccc1F)NC[C@@H]1CCCO[C@H]1c1cn[nH]c1. The Bertz CT molecular complexity index is 691. The number of rotatable bonds is 5. The van der Waals surface area contributed by atoms with Crippen LogP contribution in [0.2, 0.25) is 0 Å². The van der Waals surface area contributed by atoms with E-state index in [1.807, 2.05) is 0 Å². The first-order chi connectivity index (χ1) is 11.6. The number of carbonyl (C=O) groups excluding carboxylic acids is 1. The lowest BCUT2D eigenvalue weighted by Gasteiger charge is -2.31. The fourth-order valence-corrected chi connectivity index (χ4v) is 3.00. The molecular weight excluding hydrogens is 316 g/mol. The summed E-state index contributed by atoms with van der Waals surface area (Å²) in [5.41, 5.74) is 1.00. The molecule has 1 fully saturated rings.